The minimum Gasteiger partial charge on any atom is -0.379 e. The maximum absolute atomic E-state index is 13.1. The van der Waals surface area contributed by atoms with Gasteiger partial charge in [0.2, 0.25) is 11.9 Å². The fourth-order valence-electron chi connectivity index (χ4n) is 4.60. The Morgan fingerprint density at radius 2 is 1.78 bits per heavy atom. The highest BCUT2D eigenvalue weighted by atomic mass is 32.2. The topological polar surface area (TPSA) is 114 Å². The quantitative estimate of drug-likeness (QED) is 0.603. The van der Waals surface area contributed by atoms with Crippen LogP contribution in [0.3, 0.4) is 0 Å². The van der Waals surface area contributed by atoms with Gasteiger partial charge in [0.25, 0.3) is 5.91 Å². The first-order chi connectivity index (χ1) is 17.4. The number of benzene rings is 1. The Morgan fingerprint density at radius 1 is 1.00 bits per heavy atom. The van der Waals surface area contributed by atoms with E-state index in [1.54, 1.807) is 0 Å². The zero-order valence-electron chi connectivity index (χ0n) is 21.2. The van der Waals surface area contributed by atoms with Crippen molar-refractivity contribution in [1.82, 2.24) is 25.1 Å². The second-order valence-electron chi connectivity index (χ2n) is 9.33. The lowest BCUT2D eigenvalue weighted by atomic mass is 9.97. The SMILES string of the molecule is Cc1cc(C)c2cc1C(=O)NCCCCN(CCN1CCOCC1)C(=O)CCSc1cc-2nc(N)n1. The summed E-state index contributed by atoms with van der Waals surface area (Å²) in [6, 6.07) is 5.79. The van der Waals surface area contributed by atoms with Crippen molar-refractivity contribution in [3.63, 3.8) is 0 Å². The molecule has 3 N–H and O–H groups in total. The first-order valence-electron chi connectivity index (χ1n) is 12.7. The molecule has 9 nitrogen and oxygen atoms in total. The molecule has 3 heterocycles. The van der Waals surface area contributed by atoms with Crippen LogP contribution in [0.4, 0.5) is 5.95 Å². The van der Waals surface area contributed by atoms with Gasteiger partial charge in [0.15, 0.2) is 0 Å². The lowest BCUT2D eigenvalue weighted by Crippen LogP contribution is -2.43. The maximum atomic E-state index is 13.1. The van der Waals surface area contributed by atoms with Gasteiger partial charge < -0.3 is 20.7 Å². The zero-order valence-corrected chi connectivity index (χ0v) is 22.0. The smallest absolute Gasteiger partial charge is 0.251 e. The number of hydrogen-bond acceptors (Lipinski definition) is 8. The van der Waals surface area contributed by atoms with E-state index in [1.807, 2.05) is 36.9 Å². The van der Waals surface area contributed by atoms with Crippen LogP contribution in [0.2, 0.25) is 0 Å². The first-order valence-corrected chi connectivity index (χ1v) is 13.6. The molecule has 2 amide bonds. The summed E-state index contributed by atoms with van der Waals surface area (Å²) in [5.74, 6) is 0.831. The van der Waals surface area contributed by atoms with Gasteiger partial charge in [-0.15, -0.1) is 11.8 Å². The molecule has 0 saturated carbocycles. The van der Waals surface area contributed by atoms with Gasteiger partial charge in [0, 0.05) is 62.6 Å². The van der Waals surface area contributed by atoms with Crippen LogP contribution in [0, 0.1) is 13.8 Å². The van der Waals surface area contributed by atoms with E-state index in [1.165, 1.54) is 11.8 Å². The number of nitrogens with one attached hydrogen (secondary N) is 1. The summed E-state index contributed by atoms with van der Waals surface area (Å²) in [7, 11) is 0. The number of anilines is 1. The van der Waals surface area contributed by atoms with Crippen LogP contribution in [-0.2, 0) is 9.53 Å². The second kappa shape index (κ2) is 12.5. The van der Waals surface area contributed by atoms with Gasteiger partial charge >= 0.3 is 0 Å². The number of aromatic nitrogens is 2. The van der Waals surface area contributed by atoms with Crippen LogP contribution in [0.15, 0.2) is 23.2 Å². The van der Waals surface area contributed by atoms with Crippen molar-refractivity contribution >= 4 is 29.5 Å². The van der Waals surface area contributed by atoms with Crippen molar-refractivity contribution in [2.45, 2.75) is 38.1 Å². The molecule has 0 atom stereocenters. The van der Waals surface area contributed by atoms with Gasteiger partial charge in [0.1, 0.15) is 5.03 Å². The molecule has 36 heavy (non-hydrogen) atoms. The Labute approximate surface area is 217 Å². The summed E-state index contributed by atoms with van der Waals surface area (Å²) in [5.41, 5.74) is 10.1. The molecule has 1 saturated heterocycles. The Bertz CT molecular complexity index is 1090. The number of morpholine rings is 1. The summed E-state index contributed by atoms with van der Waals surface area (Å²) in [6.45, 7) is 10.0. The highest BCUT2D eigenvalue weighted by Gasteiger charge is 2.19. The largest absolute Gasteiger partial charge is 0.379 e. The van der Waals surface area contributed by atoms with E-state index < -0.39 is 0 Å². The maximum Gasteiger partial charge on any atom is 0.251 e. The molecule has 1 aromatic heterocycles. The predicted octanol–water partition coefficient (Wildman–Crippen LogP) is 2.51. The van der Waals surface area contributed by atoms with Crippen molar-refractivity contribution in [3.05, 3.63) is 34.9 Å². The second-order valence-corrected chi connectivity index (χ2v) is 10.4. The first kappa shape index (κ1) is 26.4. The molecular weight excluding hydrogens is 476 g/mol. The van der Waals surface area contributed by atoms with E-state index in [9.17, 15) is 9.59 Å². The highest BCUT2D eigenvalue weighted by Crippen LogP contribution is 2.29. The number of carbonyl (C=O) groups excluding carboxylic acids is 2. The van der Waals surface area contributed by atoms with Crippen LogP contribution < -0.4 is 11.1 Å². The number of carbonyl (C=O) groups is 2. The predicted molar refractivity (Wildman–Crippen MR) is 142 cm³/mol. The lowest BCUT2D eigenvalue weighted by Gasteiger charge is -2.30. The molecule has 0 spiro atoms. The molecule has 4 bridgehead atoms. The number of nitrogens with two attached hydrogens (primary N) is 1. The number of amides is 2. The van der Waals surface area contributed by atoms with Gasteiger partial charge in [-0.3, -0.25) is 14.5 Å². The Morgan fingerprint density at radius 3 is 2.58 bits per heavy atom. The molecule has 0 aliphatic carbocycles. The standard InChI is InChI=1S/C26H36N6O3S/c1-18-15-19(2)21-16-20(18)22-17-23(30-26(27)29-22)36-14-5-24(33)32(7-4-3-6-28-25(21)34)9-8-31-10-12-35-13-11-31/h15-17H,3-14H2,1-2H3,(H,28,34)(H2,27,29,30). The molecule has 0 unspecified atom stereocenters. The average Bonchev–Trinajstić information content (AvgIpc) is 2.85. The molecule has 2 aliphatic heterocycles. The molecule has 194 valence electrons. The molecular formula is C26H36N6O3S. The molecule has 1 fully saturated rings. The van der Waals surface area contributed by atoms with Gasteiger partial charge in [0.05, 0.1) is 18.9 Å². The minimum absolute atomic E-state index is 0.102. The van der Waals surface area contributed by atoms with Gasteiger partial charge in [-0.25, -0.2) is 9.97 Å². The third-order valence-electron chi connectivity index (χ3n) is 6.66. The van der Waals surface area contributed by atoms with Crippen molar-refractivity contribution in [1.29, 1.82) is 0 Å². The number of fused-ring (bicyclic) bond motifs is 5. The number of rotatable bonds is 3. The fourth-order valence-corrected chi connectivity index (χ4v) is 5.44. The summed E-state index contributed by atoms with van der Waals surface area (Å²) in [4.78, 5) is 39.2. The summed E-state index contributed by atoms with van der Waals surface area (Å²) >= 11 is 1.51. The number of aryl methyl sites for hydroxylation is 2. The molecule has 10 heteroatoms. The molecule has 1 aromatic carbocycles. The minimum atomic E-state index is -0.102. The number of hydrogen-bond donors (Lipinski definition) is 2. The third kappa shape index (κ3) is 6.96. The van der Waals surface area contributed by atoms with Crippen LogP contribution >= 0.6 is 11.8 Å². The summed E-state index contributed by atoms with van der Waals surface area (Å²) < 4.78 is 5.44. The number of nitrogen functional groups attached to an aromatic ring is 1. The number of nitrogens with zero attached hydrogens (tertiary/aromatic N) is 4. The molecule has 0 radical (unpaired) electrons. The molecule has 2 aromatic rings. The van der Waals surface area contributed by atoms with Crippen molar-refractivity contribution < 1.29 is 14.3 Å². The summed E-state index contributed by atoms with van der Waals surface area (Å²) in [5, 5.41) is 3.77. The fraction of sp³-hybridized carbons (Fsp3) is 0.538. The average molecular weight is 513 g/mol. The van der Waals surface area contributed by atoms with Gasteiger partial charge in [-0.05, 0) is 49.9 Å². The third-order valence-corrected chi connectivity index (χ3v) is 7.57. The van der Waals surface area contributed by atoms with Crippen molar-refractivity contribution in [2.24, 2.45) is 0 Å². The van der Waals surface area contributed by atoms with Crippen LogP contribution in [0.5, 0.6) is 0 Å². The molecule has 4 rings (SSSR count). The van der Waals surface area contributed by atoms with Crippen LogP contribution in [0.1, 0.15) is 40.7 Å². The van der Waals surface area contributed by atoms with Gasteiger partial charge in [-0.1, -0.05) is 6.07 Å². The Balaban J connectivity index is 1.53. The summed E-state index contributed by atoms with van der Waals surface area (Å²) in [6.07, 6.45) is 2.07. The van der Waals surface area contributed by atoms with E-state index in [0.717, 1.165) is 67.4 Å². The van der Waals surface area contributed by atoms with E-state index >= 15 is 0 Å². The Hall–Kier alpha value is -2.69. The monoisotopic (exact) mass is 512 g/mol. The number of thioether (sulfide) groups is 1. The van der Waals surface area contributed by atoms with E-state index in [-0.39, 0.29) is 17.8 Å². The van der Waals surface area contributed by atoms with Crippen LogP contribution in [-0.4, -0.2) is 89.8 Å². The number of ether oxygens (including phenoxy) is 1. The zero-order chi connectivity index (χ0) is 25.5. The van der Waals surface area contributed by atoms with E-state index in [0.29, 0.717) is 43.1 Å². The Kier molecular flexibility index (Phi) is 9.17. The van der Waals surface area contributed by atoms with E-state index in [4.69, 9.17) is 10.5 Å². The highest BCUT2D eigenvalue weighted by molar-refractivity contribution is 7.99. The van der Waals surface area contributed by atoms with E-state index in [2.05, 4.69) is 20.2 Å². The van der Waals surface area contributed by atoms with Crippen molar-refractivity contribution in [2.75, 3.05) is 64.0 Å². The molecule has 2 aliphatic rings. The normalized spacial score (nSPS) is 18.6. The van der Waals surface area contributed by atoms with Gasteiger partial charge in [-0.2, -0.15) is 0 Å². The van der Waals surface area contributed by atoms with Crippen molar-refractivity contribution in [3.8, 4) is 11.3 Å². The lowest BCUT2D eigenvalue weighted by molar-refractivity contribution is -0.131. The van der Waals surface area contributed by atoms with Crippen LogP contribution in [0.25, 0.3) is 11.3 Å².